The van der Waals surface area contributed by atoms with Gasteiger partial charge in [0.1, 0.15) is 11.5 Å². The van der Waals surface area contributed by atoms with Crippen molar-refractivity contribution in [3.8, 4) is 0 Å². The van der Waals surface area contributed by atoms with Gasteiger partial charge in [0.05, 0.1) is 16.0 Å². The minimum absolute atomic E-state index is 0.163. The first kappa shape index (κ1) is 14.6. The molecule has 2 rings (SSSR count). The van der Waals surface area contributed by atoms with E-state index in [2.05, 4.69) is 5.32 Å². The lowest BCUT2D eigenvalue weighted by molar-refractivity contribution is -0.384. The van der Waals surface area contributed by atoms with Gasteiger partial charge in [0, 0.05) is 11.6 Å². The third-order valence-electron chi connectivity index (χ3n) is 2.63. The lowest BCUT2D eigenvalue weighted by Gasteiger charge is -2.08. The van der Waals surface area contributed by atoms with Gasteiger partial charge in [-0.1, -0.05) is 35.3 Å². The van der Waals surface area contributed by atoms with Crippen molar-refractivity contribution < 1.29 is 9.31 Å². The Morgan fingerprint density at radius 3 is 2.45 bits per heavy atom. The molecule has 0 atom stereocenters. The first-order valence-electron chi connectivity index (χ1n) is 5.59. The molecular weight excluding hydrogens is 306 g/mol. The van der Waals surface area contributed by atoms with E-state index in [0.29, 0.717) is 11.6 Å². The van der Waals surface area contributed by atoms with Gasteiger partial charge in [0.25, 0.3) is 5.69 Å². The van der Waals surface area contributed by atoms with Crippen LogP contribution < -0.4 is 5.32 Å². The number of nitrogens with zero attached hydrogens (tertiary/aromatic N) is 1. The van der Waals surface area contributed by atoms with Crippen molar-refractivity contribution in [2.24, 2.45) is 0 Å². The number of anilines is 1. The van der Waals surface area contributed by atoms with Crippen molar-refractivity contribution in [1.82, 2.24) is 0 Å². The molecular formula is C13H9Cl2FN2O2. The summed E-state index contributed by atoms with van der Waals surface area (Å²) < 4.78 is 13.2. The highest BCUT2D eigenvalue weighted by Crippen LogP contribution is 2.30. The zero-order valence-corrected chi connectivity index (χ0v) is 11.6. The summed E-state index contributed by atoms with van der Waals surface area (Å²) >= 11 is 11.4. The first-order chi connectivity index (χ1) is 9.47. The summed E-state index contributed by atoms with van der Waals surface area (Å²) in [6.07, 6.45) is 0. The quantitative estimate of drug-likeness (QED) is 0.660. The van der Waals surface area contributed by atoms with Gasteiger partial charge < -0.3 is 5.32 Å². The van der Waals surface area contributed by atoms with Crippen LogP contribution in [0.5, 0.6) is 0 Å². The second-order valence-corrected chi connectivity index (χ2v) is 4.86. The van der Waals surface area contributed by atoms with Crippen molar-refractivity contribution in [2.45, 2.75) is 6.54 Å². The predicted molar refractivity (Wildman–Crippen MR) is 76.8 cm³/mol. The van der Waals surface area contributed by atoms with Crippen LogP contribution in [0.1, 0.15) is 5.56 Å². The number of halogens is 3. The Labute approximate surface area is 124 Å². The number of rotatable bonds is 4. The van der Waals surface area contributed by atoms with E-state index in [-0.39, 0.29) is 16.4 Å². The van der Waals surface area contributed by atoms with E-state index in [1.807, 2.05) is 0 Å². The summed E-state index contributed by atoms with van der Waals surface area (Å²) in [5, 5.41) is 14.2. The van der Waals surface area contributed by atoms with Crippen molar-refractivity contribution in [3.63, 3.8) is 0 Å². The molecule has 0 unspecified atom stereocenters. The fourth-order valence-electron chi connectivity index (χ4n) is 1.63. The maximum atomic E-state index is 13.2. The molecule has 0 heterocycles. The fraction of sp³-hybridized carbons (Fsp3) is 0.0769. The Balaban J connectivity index is 2.22. The average Bonchev–Trinajstić information content (AvgIpc) is 2.41. The number of hydrogen-bond donors (Lipinski definition) is 1. The Morgan fingerprint density at radius 2 is 1.85 bits per heavy atom. The molecule has 1 N–H and O–H groups in total. The van der Waals surface area contributed by atoms with Gasteiger partial charge in [-0.05, 0) is 23.8 Å². The van der Waals surface area contributed by atoms with Gasteiger partial charge in [-0.2, -0.15) is 0 Å². The highest BCUT2D eigenvalue weighted by Gasteiger charge is 2.17. The molecule has 104 valence electrons. The van der Waals surface area contributed by atoms with Crippen LogP contribution in [-0.2, 0) is 6.54 Å². The zero-order valence-electron chi connectivity index (χ0n) is 10.1. The highest BCUT2D eigenvalue weighted by molar-refractivity contribution is 6.31. The van der Waals surface area contributed by atoms with Crippen LogP contribution in [0.25, 0.3) is 0 Å². The van der Waals surface area contributed by atoms with Crippen molar-refractivity contribution in [3.05, 3.63) is 67.9 Å². The molecule has 0 aliphatic heterocycles. The largest absolute Gasteiger partial charge is 0.375 e. The SMILES string of the molecule is O=[N+]([O-])c1cc(F)c(Cl)cc1NCc1ccc(Cl)cc1. The Hall–Kier alpha value is -1.85. The number of nitrogens with one attached hydrogen (secondary N) is 1. The van der Waals surface area contributed by atoms with Gasteiger partial charge in [0.2, 0.25) is 0 Å². The first-order valence-corrected chi connectivity index (χ1v) is 6.34. The molecule has 4 nitrogen and oxygen atoms in total. The number of benzene rings is 2. The van der Waals surface area contributed by atoms with Gasteiger partial charge in [-0.15, -0.1) is 0 Å². The smallest absolute Gasteiger partial charge is 0.295 e. The molecule has 2 aromatic carbocycles. The summed E-state index contributed by atoms with van der Waals surface area (Å²) in [5.74, 6) is -0.824. The van der Waals surface area contributed by atoms with Gasteiger partial charge in [0.15, 0.2) is 0 Å². The third kappa shape index (κ3) is 3.37. The molecule has 0 bridgehead atoms. The van der Waals surface area contributed by atoms with Crippen molar-refractivity contribution in [1.29, 1.82) is 0 Å². The van der Waals surface area contributed by atoms with Crippen LogP contribution >= 0.6 is 23.2 Å². The molecule has 20 heavy (non-hydrogen) atoms. The Bertz CT molecular complexity index is 648. The van der Waals surface area contributed by atoms with Crippen LogP contribution in [0.3, 0.4) is 0 Å². The topological polar surface area (TPSA) is 55.2 Å². The minimum atomic E-state index is -0.824. The van der Waals surface area contributed by atoms with E-state index in [4.69, 9.17) is 23.2 Å². The highest BCUT2D eigenvalue weighted by atomic mass is 35.5. The molecule has 0 aliphatic rings. The molecule has 0 spiro atoms. The second-order valence-electron chi connectivity index (χ2n) is 4.02. The molecule has 0 fully saturated rings. The molecule has 7 heteroatoms. The second kappa shape index (κ2) is 6.07. The average molecular weight is 315 g/mol. The molecule has 2 aromatic rings. The summed E-state index contributed by atoms with van der Waals surface area (Å²) in [7, 11) is 0. The van der Waals surface area contributed by atoms with E-state index in [0.717, 1.165) is 11.6 Å². The number of nitro benzene ring substituents is 1. The van der Waals surface area contributed by atoms with E-state index >= 15 is 0 Å². The normalized spacial score (nSPS) is 10.3. The monoisotopic (exact) mass is 314 g/mol. The maximum absolute atomic E-state index is 13.2. The molecule has 0 radical (unpaired) electrons. The maximum Gasteiger partial charge on any atom is 0.295 e. The van der Waals surface area contributed by atoms with Gasteiger partial charge in [-0.25, -0.2) is 4.39 Å². The summed E-state index contributed by atoms with van der Waals surface area (Å²) in [6.45, 7) is 0.333. The van der Waals surface area contributed by atoms with Crippen LogP contribution in [0.15, 0.2) is 36.4 Å². The fourth-order valence-corrected chi connectivity index (χ4v) is 1.92. The van der Waals surface area contributed by atoms with Crippen LogP contribution in [0.2, 0.25) is 10.0 Å². The molecule has 0 aromatic heterocycles. The standard InChI is InChI=1S/C13H9Cl2FN2O2/c14-9-3-1-8(2-4-9)7-17-12-5-10(15)11(16)6-13(12)18(19)20/h1-6,17H,7H2. The Kier molecular flexibility index (Phi) is 4.42. The van der Waals surface area contributed by atoms with E-state index < -0.39 is 10.7 Å². The number of hydrogen-bond acceptors (Lipinski definition) is 3. The van der Waals surface area contributed by atoms with Crippen LogP contribution in [0.4, 0.5) is 15.8 Å². The van der Waals surface area contributed by atoms with E-state index in [9.17, 15) is 14.5 Å². The number of nitro groups is 1. The summed E-state index contributed by atoms with van der Waals surface area (Å²) in [5.41, 5.74) is 0.682. The molecule has 0 amide bonds. The van der Waals surface area contributed by atoms with Crippen LogP contribution in [0, 0.1) is 15.9 Å². The van der Waals surface area contributed by atoms with E-state index in [1.54, 1.807) is 24.3 Å². The van der Waals surface area contributed by atoms with E-state index in [1.165, 1.54) is 6.07 Å². The zero-order chi connectivity index (χ0) is 14.7. The lowest BCUT2D eigenvalue weighted by Crippen LogP contribution is -2.03. The minimum Gasteiger partial charge on any atom is -0.375 e. The Morgan fingerprint density at radius 1 is 1.20 bits per heavy atom. The molecule has 0 saturated carbocycles. The third-order valence-corrected chi connectivity index (χ3v) is 3.17. The predicted octanol–water partition coefficient (Wildman–Crippen LogP) is 4.65. The van der Waals surface area contributed by atoms with Crippen LogP contribution in [-0.4, -0.2) is 4.92 Å². The van der Waals surface area contributed by atoms with Crippen molar-refractivity contribution >= 4 is 34.6 Å². The summed E-state index contributed by atoms with van der Waals surface area (Å²) in [6, 6.07) is 8.99. The van der Waals surface area contributed by atoms with Gasteiger partial charge >= 0.3 is 0 Å². The molecule has 0 saturated heterocycles. The molecule has 0 aliphatic carbocycles. The van der Waals surface area contributed by atoms with Gasteiger partial charge in [-0.3, -0.25) is 10.1 Å². The summed E-state index contributed by atoms with van der Waals surface area (Å²) in [4.78, 5) is 10.2. The lowest BCUT2D eigenvalue weighted by atomic mass is 10.2. The van der Waals surface area contributed by atoms with Crippen molar-refractivity contribution in [2.75, 3.05) is 5.32 Å².